The van der Waals surface area contributed by atoms with E-state index >= 15 is 0 Å². The summed E-state index contributed by atoms with van der Waals surface area (Å²) in [5.74, 6) is 0.0777. The molecule has 1 unspecified atom stereocenters. The number of hydrogen-bond donors (Lipinski definition) is 1. The lowest BCUT2D eigenvalue weighted by Crippen LogP contribution is -2.33. The number of carbonyl (C=O) groups is 1. The molecule has 1 amide bonds. The average Bonchev–Trinajstić information content (AvgIpc) is 3.04. The van der Waals surface area contributed by atoms with Crippen molar-refractivity contribution in [3.63, 3.8) is 0 Å². The first-order chi connectivity index (χ1) is 8.79. The second-order valence-electron chi connectivity index (χ2n) is 4.61. The number of nitrogens with zero attached hydrogens (tertiary/aromatic N) is 3. The van der Waals surface area contributed by atoms with Crippen LogP contribution < -0.4 is 5.32 Å². The molecule has 5 nitrogen and oxygen atoms in total. The topological polar surface area (TPSA) is 49.6 Å². The van der Waals surface area contributed by atoms with Crippen molar-refractivity contribution in [2.24, 2.45) is 0 Å². The molecule has 18 heavy (non-hydrogen) atoms. The van der Waals surface area contributed by atoms with E-state index in [9.17, 15) is 4.79 Å². The van der Waals surface area contributed by atoms with E-state index < -0.39 is 0 Å². The van der Waals surface area contributed by atoms with Gasteiger partial charge in [-0.2, -0.15) is 5.10 Å². The van der Waals surface area contributed by atoms with Crippen LogP contribution in [0.1, 0.15) is 16.8 Å². The first kappa shape index (κ1) is 11.2. The Balaban J connectivity index is 1.89. The molecule has 1 aliphatic heterocycles. The van der Waals surface area contributed by atoms with E-state index in [1.807, 2.05) is 36.3 Å². The molecule has 0 spiro atoms. The zero-order chi connectivity index (χ0) is 12.5. The monoisotopic (exact) mass is 244 g/mol. The van der Waals surface area contributed by atoms with Crippen LogP contribution in [0, 0.1) is 0 Å². The number of likely N-dealkylation sites (tertiary alicyclic amines) is 1. The summed E-state index contributed by atoms with van der Waals surface area (Å²) in [6.45, 7) is 1.59. The lowest BCUT2D eigenvalue weighted by molar-refractivity contribution is 0.0791. The summed E-state index contributed by atoms with van der Waals surface area (Å²) in [5, 5.41) is 7.42. The van der Waals surface area contributed by atoms with Gasteiger partial charge in [-0.3, -0.25) is 4.79 Å². The van der Waals surface area contributed by atoms with Gasteiger partial charge in [-0.25, -0.2) is 4.52 Å². The molecule has 3 rings (SSSR count). The predicted molar refractivity (Wildman–Crippen MR) is 68.6 cm³/mol. The van der Waals surface area contributed by atoms with Crippen LogP contribution in [0.5, 0.6) is 0 Å². The van der Waals surface area contributed by atoms with Crippen LogP contribution in [0.25, 0.3) is 5.52 Å². The molecular formula is C13H16N4O. The fraction of sp³-hybridized carbons (Fsp3) is 0.385. The highest BCUT2D eigenvalue weighted by Gasteiger charge is 2.27. The van der Waals surface area contributed by atoms with Gasteiger partial charge in [0, 0.05) is 25.3 Å². The van der Waals surface area contributed by atoms with Gasteiger partial charge in [0.05, 0.1) is 17.3 Å². The van der Waals surface area contributed by atoms with Crippen LogP contribution >= 0.6 is 0 Å². The van der Waals surface area contributed by atoms with Crippen LogP contribution in [0.2, 0.25) is 0 Å². The quantitative estimate of drug-likeness (QED) is 0.849. The maximum Gasteiger partial charge on any atom is 0.257 e. The molecule has 94 valence electrons. The number of hydrogen-bond acceptors (Lipinski definition) is 3. The van der Waals surface area contributed by atoms with Crippen LogP contribution in [0.4, 0.5) is 0 Å². The van der Waals surface area contributed by atoms with Crippen LogP contribution in [0.3, 0.4) is 0 Å². The van der Waals surface area contributed by atoms with Crippen molar-refractivity contribution in [2.75, 3.05) is 20.1 Å². The van der Waals surface area contributed by atoms with Gasteiger partial charge in [0.1, 0.15) is 0 Å². The van der Waals surface area contributed by atoms with Crippen molar-refractivity contribution < 1.29 is 4.79 Å². The van der Waals surface area contributed by atoms with E-state index in [1.165, 1.54) is 0 Å². The number of fused-ring (bicyclic) bond motifs is 1. The van der Waals surface area contributed by atoms with Gasteiger partial charge in [0.15, 0.2) is 0 Å². The Labute approximate surface area is 105 Å². The smallest absolute Gasteiger partial charge is 0.257 e. The Kier molecular flexibility index (Phi) is 2.76. The minimum Gasteiger partial charge on any atom is -0.337 e. The molecule has 2 aromatic heterocycles. The van der Waals surface area contributed by atoms with Gasteiger partial charge in [-0.05, 0) is 25.6 Å². The summed E-state index contributed by atoms with van der Waals surface area (Å²) in [6.07, 6.45) is 4.53. The third-order valence-corrected chi connectivity index (χ3v) is 3.54. The summed E-state index contributed by atoms with van der Waals surface area (Å²) in [4.78, 5) is 14.3. The molecule has 0 aromatic carbocycles. The Hall–Kier alpha value is -1.88. The Bertz CT molecular complexity index is 577. The highest BCUT2D eigenvalue weighted by atomic mass is 16.2. The van der Waals surface area contributed by atoms with Crippen LogP contribution in [0.15, 0.2) is 30.6 Å². The number of pyridine rings is 1. The highest BCUT2D eigenvalue weighted by molar-refractivity contribution is 6.00. The van der Waals surface area contributed by atoms with Crippen molar-refractivity contribution in [3.8, 4) is 0 Å². The number of carbonyl (C=O) groups excluding carboxylic acids is 1. The Morgan fingerprint density at radius 1 is 1.50 bits per heavy atom. The van der Waals surface area contributed by atoms with Crippen molar-refractivity contribution in [2.45, 2.75) is 12.5 Å². The molecule has 0 saturated carbocycles. The molecule has 5 heteroatoms. The standard InChI is InChI=1S/C13H16N4O/c1-14-10-5-7-16(9-10)13(18)11-8-15-17-6-3-2-4-12(11)17/h2-4,6,8,10,14H,5,7,9H2,1H3. The second-order valence-corrected chi connectivity index (χ2v) is 4.61. The summed E-state index contributed by atoms with van der Waals surface area (Å²) in [7, 11) is 1.94. The first-order valence-electron chi connectivity index (χ1n) is 6.18. The lowest BCUT2D eigenvalue weighted by atomic mass is 10.2. The van der Waals surface area contributed by atoms with Gasteiger partial charge in [-0.1, -0.05) is 6.07 Å². The normalized spacial score (nSPS) is 19.6. The van der Waals surface area contributed by atoms with Crippen LogP contribution in [-0.2, 0) is 0 Å². The van der Waals surface area contributed by atoms with E-state index in [-0.39, 0.29) is 5.91 Å². The summed E-state index contributed by atoms with van der Waals surface area (Å²) in [6, 6.07) is 6.16. The second kappa shape index (κ2) is 4.42. The summed E-state index contributed by atoms with van der Waals surface area (Å²) >= 11 is 0. The van der Waals surface area contributed by atoms with E-state index in [2.05, 4.69) is 10.4 Å². The van der Waals surface area contributed by atoms with Crippen molar-refractivity contribution in [1.82, 2.24) is 19.8 Å². The van der Waals surface area contributed by atoms with E-state index in [0.717, 1.165) is 25.0 Å². The maximum absolute atomic E-state index is 12.4. The van der Waals surface area contributed by atoms with Gasteiger partial charge in [-0.15, -0.1) is 0 Å². The van der Waals surface area contributed by atoms with E-state index in [4.69, 9.17) is 0 Å². The molecule has 0 radical (unpaired) electrons. The number of amides is 1. The fourth-order valence-electron chi connectivity index (χ4n) is 2.45. The SMILES string of the molecule is CNC1CCN(C(=O)c2cnn3ccccc23)C1. The maximum atomic E-state index is 12.4. The zero-order valence-electron chi connectivity index (χ0n) is 10.3. The van der Waals surface area contributed by atoms with Gasteiger partial charge < -0.3 is 10.2 Å². The van der Waals surface area contributed by atoms with Gasteiger partial charge >= 0.3 is 0 Å². The van der Waals surface area contributed by atoms with Crippen LogP contribution in [-0.4, -0.2) is 46.6 Å². The molecule has 2 aromatic rings. The molecule has 1 atom stereocenters. The number of nitrogens with one attached hydrogen (secondary N) is 1. The fourth-order valence-corrected chi connectivity index (χ4v) is 2.45. The largest absolute Gasteiger partial charge is 0.337 e. The van der Waals surface area contributed by atoms with E-state index in [1.54, 1.807) is 10.7 Å². The Morgan fingerprint density at radius 3 is 3.17 bits per heavy atom. The number of aromatic nitrogens is 2. The number of rotatable bonds is 2. The molecule has 0 bridgehead atoms. The third-order valence-electron chi connectivity index (χ3n) is 3.54. The Morgan fingerprint density at radius 2 is 2.39 bits per heavy atom. The molecule has 1 saturated heterocycles. The molecular weight excluding hydrogens is 228 g/mol. The summed E-state index contributed by atoms with van der Waals surface area (Å²) < 4.78 is 1.73. The lowest BCUT2D eigenvalue weighted by Gasteiger charge is -2.15. The molecule has 3 heterocycles. The van der Waals surface area contributed by atoms with E-state index in [0.29, 0.717) is 11.6 Å². The first-order valence-corrected chi connectivity index (χ1v) is 6.18. The van der Waals surface area contributed by atoms with Crippen molar-refractivity contribution in [1.29, 1.82) is 0 Å². The average molecular weight is 244 g/mol. The minimum absolute atomic E-state index is 0.0777. The third kappa shape index (κ3) is 1.76. The minimum atomic E-state index is 0.0777. The highest BCUT2D eigenvalue weighted by Crippen LogP contribution is 2.17. The van der Waals surface area contributed by atoms with Gasteiger partial charge in [0.2, 0.25) is 0 Å². The molecule has 1 aliphatic rings. The molecule has 1 N–H and O–H groups in total. The molecule has 0 aliphatic carbocycles. The summed E-state index contributed by atoms with van der Waals surface area (Å²) in [5.41, 5.74) is 1.56. The predicted octanol–water partition coefficient (Wildman–Crippen LogP) is 0.768. The molecule has 1 fully saturated rings. The number of likely N-dealkylation sites (N-methyl/N-ethyl adjacent to an activating group) is 1. The van der Waals surface area contributed by atoms with Crippen molar-refractivity contribution in [3.05, 3.63) is 36.2 Å². The zero-order valence-corrected chi connectivity index (χ0v) is 10.3. The van der Waals surface area contributed by atoms with Crippen molar-refractivity contribution >= 4 is 11.4 Å². The van der Waals surface area contributed by atoms with Gasteiger partial charge in [0.25, 0.3) is 5.91 Å².